The van der Waals surface area contributed by atoms with Gasteiger partial charge in [0.1, 0.15) is 11.3 Å². The van der Waals surface area contributed by atoms with Crippen molar-refractivity contribution in [1.82, 2.24) is 0 Å². The van der Waals surface area contributed by atoms with Crippen molar-refractivity contribution in [2.24, 2.45) is 5.92 Å². The summed E-state index contributed by atoms with van der Waals surface area (Å²) in [5.41, 5.74) is 1.46. The highest BCUT2D eigenvalue weighted by molar-refractivity contribution is 6.31. The van der Waals surface area contributed by atoms with Crippen LogP contribution in [0.4, 0.5) is 11.4 Å². The van der Waals surface area contributed by atoms with E-state index >= 15 is 0 Å². The summed E-state index contributed by atoms with van der Waals surface area (Å²) in [6.07, 6.45) is 0.356. The first-order valence-corrected chi connectivity index (χ1v) is 8.70. The maximum Gasteiger partial charge on any atom is 0.293 e. The van der Waals surface area contributed by atoms with Crippen molar-refractivity contribution >= 4 is 45.8 Å². The highest BCUT2D eigenvalue weighted by Gasteiger charge is 2.22. The van der Waals surface area contributed by atoms with Crippen LogP contribution in [0.1, 0.15) is 30.8 Å². The van der Waals surface area contributed by atoms with Crippen molar-refractivity contribution in [3.8, 4) is 0 Å². The Labute approximate surface area is 156 Å². The monoisotopic (exact) mass is 370 g/mol. The first-order valence-electron chi connectivity index (χ1n) is 8.32. The average molecular weight is 371 g/mol. The molecular weight excluding hydrogens is 352 g/mol. The van der Waals surface area contributed by atoms with Gasteiger partial charge in [0.05, 0.1) is 0 Å². The fourth-order valence-corrected chi connectivity index (χ4v) is 2.84. The summed E-state index contributed by atoms with van der Waals surface area (Å²) in [5.74, 6) is -0.355. The average Bonchev–Trinajstić information content (AvgIpc) is 2.93. The van der Waals surface area contributed by atoms with Crippen LogP contribution in [-0.4, -0.2) is 11.8 Å². The Morgan fingerprint density at radius 3 is 2.58 bits per heavy atom. The van der Waals surface area contributed by atoms with Crippen LogP contribution in [0.2, 0.25) is 5.02 Å². The van der Waals surface area contributed by atoms with Crippen LogP contribution in [0.15, 0.2) is 52.9 Å². The second kappa shape index (κ2) is 7.62. The fourth-order valence-electron chi connectivity index (χ4n) is 2.64. The van der Waals surface area contributed by atoms with E-state index in [2.05, 4.69) is 10.6 Å². The maximum atomic E-state index is 12.7. The molecule has 3 rings (SSSR count). The Kier molecular flexibility index (Phi) is 5.28. The second-order valence-electron chi connectivity index (χ2n) is 6.41. The molecule has 0 saturated heterocycles. The number of anilines is 2. The van der Waals surface area contributed by atoms with E-state index in [9.17, 15) is 9.59 Å². The number of furan rings is 1. The Hall–Kier alpha value is -2.79. The number of amides is 2. The van der Waals surface area contributed by atoms with Crippen molar-refractivity contribution in [3.05, 3.63) is 59.3 Å². The van der Waals surface area contributed by atoms with Gasteiger partial charge in [0.25, 0.3) is 5.91 Å². The van der Waals surface area contributed by atoms with E-state index < -0.39 is 5.91 Å². The number of rotatable bonds is 5. The number of para-hydroxylation sites is 1. The second-order valence-corrected chi connectivity index (χ2v) is 6.85. The molecule has 0 radical (unpaired) electrons. The van der Waals surface area contributed by atoms with Gasteiger partial charge in [-0.2, -0.15) is 0 Å². The lowest BCUT2D eigenvalue weighted by molar-refractivity contribution is -0.116. The summed E-state index contributed by atoms with van der Waals surface area (Å²) < 4.78 is 5.71. The molecule has 0 unspecified atom stereocenters. The highest BCUT2D eigenvalue weighted by atomic mass is 35.5. The van der Waals surface area contributed by atoms with Gasteiger partial charge in [0.15, 0.2) is 0 Å². The van der Waals surface area contributed by atoms with E-state index in [1.807, 2.05) is 26.0 Å². The number of nitrogens with one attached hydrogen (secondary N) is 2. The van der Waals surface area contributed by atoms with Gasteiger partial charge in [-0.05, 0) is 36.2 Å². The van der Waals surface area contributed by atoms with Crippen molar-refractivity contribution in [2.45, 2.75) is 20.3 Å². The Morgan fingerprint density at radius 1 is 1.08 bits per heavy atom. The Balaban J connectivity index is 1.94. The predicted molar refractivity (Wildman–Crippen MR) is 104 cm³/mol. The summed E-state index contributed by atoms with van der Waals surface area (Å²) in [6.45, 7) is 3.92. The van der Waals surface area contributed by atoms with Gasteiger partial charge in [0.2, 0.25) is 11.7 Å². The molecule has 0 aliphatic rings. The molecular formula is C20H19ClN2O3. The number of fused-ring (bicyclic) bond motifs is 1. The number of carbonyl (C=O) groups excluding carboxylic acids is 2. The van der Waals surface area contributed by atoms with Gasteiger partial charge in [-0.1, -0.05) is 43.6 Å². The maximum absolute atomic E-state index is 12.7. The highest BCUT2D eigenvalue weighted by Crippen LogP contribution is 2.32. The van der Waals surface area contributed by atoms with Crippen LogP contribution in [0, 0.1) is 5.92 Å². The zero-order valence-electron chi connectivity index (χ0n) is 14.5. The van der Waals surface area contributed by atoms with Crippen molar-refractivity contribution in [1.29, 1.82) is 0 Å². The SMILES string of the molecule is CC(C)CC(=O)Nc1c(C(=O)Nc2cccc(Cl)c2)oc2ccccc12. The molecule has 5 nitrogen and oxygen atoms in total. The topological polar surface area (TPSA) is 71.3 Å². The largest absolute Gasteiger partial charge is 0.449 e. The molecule has 0 atom stereocenters. The first-order chi connectivity index (χ1) is 12.4. The number of carbonyl (C=O) groups is 2. The molecule has 2 N–H and O–H groups in total. The number of benzene rings is 2. The van der Waals surface area contributed by atoms with Crippen LogP contribution in [0.3, 0.4) is 0 Å². The molecule has 1 aromatic heterocycles. The van der Waals surface area contributed by atoms with E-state index in [-0.39, 0.29) is 17.6 Å². The van der Waals surface area contributed by atoms with Crippen molar-refractivity contribution in [2.75, 3.05) is 10.6 Å². The quantitative estimate of drug-likeness (QED) is 0.638. The molecule has 2 amide bonds. The minimum atomic E-state index is -0.455. The number of halogens is 1. The summed E-state index contributed by atoms with van der Waals surface area (Å²) in [5, 5.41) is 6.76. The smallest absolute Gasteiger partial charge is 0.293 e. The van der Waals surface area contributed by atoms with E-state index in [0.717, 1.165) is 0 Å². The molecule has 3 aromatic rings. The van der Waals surface area contributed by atoms with Crippen LogP contribution in [0.25, 0.3) is 11.0 Å². The number of hydrogen-bond donors (Lipinski definition) is 2. The Morgan fingerprint density at radius 2 is 1.85 bits per heavy atom. The molecule has 134 valence electrons. The van der Waals surface area contributed by atoms with E-state index in [4.69, 9.17) is 16.0 Å². The van der Waals surface area contributed by atoms with Crippen molar-refractivity contribution < 1.29 is 14.0 Å². The zero-order chi connectivity index (χ0) is 18.7. The van der Waals surface area contributed by atoms with E-state index in [1.54, 1.807) is 36.4 Å². The molecule has 0 bridgehead atoms. The molecule has 0 saturated carbocycles. The molecule has 0 fully saturated rings. The summed E-state index contributed by atoms with van der Waals surface area (Å²) in [6, 6.07) is 14.0. The van der Waals surface area contributed by atoms with Gasteiger partial charge < -0.3 is 15.1 Å². The molecule has 26 heavy (non-hydrogen) atoms. The van der Waals surface area contributed by atoms with Gasteiger partial charge >= 0.3 is 0 Å². The lowest BCUT2D eigenvalue weighted by Crippen LogP contribution is -2.18. The van der Waals surface area contributed by atoms with Crippen molar-refractivity contribution in [3.63, 3.8) is 0 Å². The molecule has 6 heteroatoms. The first kappa shape index (κ1) is 18.0. The molecule has 0 aliphatic carbocycles. The minimum Gasteiger partial charge on any atom is -0.449 e. The summed E-state index contributed by atoms with van der Waals surface area (Å²) in [4.78, 5) is 25.0. The minimum absolute atomic E-state index is 0.0586. The standard InChI is InChI=1S/C20H19ClN2O3/c1-12(2)10-17(24)23-18-15-8-3-4-9-16(15)26-19(18)20(25)22-14-7-5-6-13(21)11-14/h3-9,11-12H,10H2,1-2H3,(H,22,25)(H,23,24). The van der Waals surface area contributed by atoms with Gasteiger partial charge in [-0.25, -0.2) is 0 Å². The number of hydrogen-bond acceptors (Lipinski definition) is 3. The molecule has 0 aliphatic heterocycles. The van der Waals surface area contributed by atoms with E-state index in [0.29, 0.717) is 33.8 Å². The normalized spacial score (nSPS) is 10.9. The lowest BCUT2D eigenvalue weighted by Gasteiger charge is -2.08. The predicted octanol–water partition coefficient (Wildman–Crippen LogP) is 5.32. The molecule has 1 heterocycles. The third-order valence-electron chi connectivity index (χ3n) is 3.74. The molecule has 2 aromatic carbocycles. The van der Waals surface area contributed by atoms with Crippen LogP contribution in [0.5, 0.6) is 0 Å². The van der Waals surface area contributed by atoms with E-state index in [1.165, 1.54) is 0 Å². The summed E-state index contributed by atoms with van der Waals surface area (Å²) in [7, 11) is 0. The third-order valence-corrected chi connectivity index (χ3v) is 3.98. The van der Waals surface area contributed by atoms with Gasteiger partial charge in [0, 0.05) is 22.5 Å². The Bertz CT molecular complexity index is 963. The van der Waals surface area contributed by atoms with Gasteiger partial charge in [-0.15, -0.1) is 0 Å². The van der Waals surface area contributed by atoms with Crippen LogP contribution >= 0.6 is 11.6 Å². The van der Waals surface area contributed by atoms with Crippen LogP contribution in [-0.2, 0) is 4.79 Å². The van der Waals surface area contributed by atoms with Crippen LogP contribution < -0.4 is 10.6 Å². The third kappa shape index (κ3) is 4.06. The lowest BCUT2D eigenvalue weighted by atomic mass is 10.1. The zero-order valence-corrected chi connectivity index (χ0v) is 15.3. The fraction of sp³-hybridized carbons (Fsp3) is 0.200. The van der Waals surface area contributed by atoms with Gasteiger partial charge in [-0.3, -0.25) is 9.59 Å². The summed E-state index contributed by atoms with van der Waals surface area (Å²) >= 11 is 5.96. The molecule has 0 spiro atoms.